The number of nitrogens with one attached hydrogen (secondary N) is 2. The summed E-state index contributed by atoms with van der Waals surface area (Å²) in [5.41, 5.74) is 3.41. The molecule has 0 bridgehead atoms. The van der Waals surface area contributed by atoms with Crippen LogP contribution in [0.25, 0.3) is 11.3 Å². The third-order valence-corrected chi connectivity index (χ3v) is 3.16. The first kappa shape index (κ1) is 14.7. The van der Waals surface area contributed by atoms with Gasteiger partial charge in [0.15, 0.2) is 0 Å². The van der Waals surface area contributed by atoms with Gasteiger partial charge in [0.2, 0.25) is 11.9 Å². The molecule has 5 nitrogen and oxygen atoms in total. The van der Waals surface area contributed by atoms with E-state index in [0.29, 0.717) is 5.95 Å². The molecule has 3 aromatic rings. The summed E-state index contributed by atoms with van der Waals surface area (Å²) < 4.78 is 0. The number of hydrogen-bond donors (Lipinski definition) is 2. The Kier molecular flexibility index (Phi) is 4.29. The molecule has 5 heteroatoms. The van der Waals surface area contributed by atoms with Crippen LogP contribution in [0, 0.1) is 0 Å². The van der Waals surface area contributed by atoms with Gasteiger partial charge < -0.3 is 10.6 Å². The molecule has 1 aromatic heterocycles. The van der Waals surface area contributed by atoms with Crippen molar-refractivity contribution in [2.75, 3.05) is 10.6 Å². The maximum atomic E-state index is 11.1. The predicted molar refractivity (Wildman–Crippen MR) is 91.5 cm³/mol. The molecule has 0 saturated carbocycles. The Bertz CT molecular complexity index is 818. The molecule has 23 heavy (non-hydrogen) atoms. The van der Waals surface area contributed by atoms with Gasteiger partial charge >= 0.3 is 0 Å². The van der Waals surface area contributed by atoms with E-state index in [4.69, 9.17) is 0 Å². The van der Waals surface area contributed by atoms with Crippen molar-refractivity contribution in [1.82, 2.24) is 9.97 Å². The monoisotopic (exact) mass is 304 g/mol. The predicted octanol–water partition coefficient (Wildman–Crippen LogP) is 3.85. The van der Waals surface area contributed by atoms with Crippen molar-refractivity contribution >= 4 is 23.2 Å². The van der Waals surface area contributed by atoms with Crippen molar-refractivity contribution in [1.29, 1.82) is 0 Å². The van der Waals surface area contributed by atoms with Crippen LogP contribution < -0.4 is 10.6 Å². The Balaban J connectivity index is 1.82. The Hall–Kier alpha value is -3.21. The van der Waals surface area contributed by atoms with E-state index < -0.39 is 0 Å². The fourth-order valence-corrected chi connectivity index (χ4v) is 2.20. The molecule has 0 aliphatic carbocycles. The van der Waals surface area contributed by atoms with Crippen molar-refractivity contribution in [3.63, 3.8) is 0 Å². The molecule has 0 unspecified atom stereocenters. The summed E-state index contributed by atoms with van der Waals surface area (Å²) >= 11 is 0. The molecule has 0 saturated heterocycles. The molecule has 0 atom stereocenters. The quantitative estimate of drug-likeness (QED) is 0.768. The van der Waals surface area contributed by atoms with Crippen LogP contribution >= 0.6 is 0 Å². The Morgan fingerprint density at radius 3 is 2.52 bits per heavy atom. The number of carbonyl (C=O) groups is 1. The minimum absolute atomic E-state index is 0.107. The van der Waals surface area contributed by atoms with Gasteiger partial charge in [0, 0.05) is 30.1 Å². The van der Waals surface area contributed by atoms with E-state index in [2.05, 4.69) is 20.6 Å². The highest BCUT2D eigenvalue weighted by molar-refractivity contribution is 5.89. The molecule has 114 valence electrons. The highest BCUT2D eigenvalue weighted by Crippen LogP contribution is 2.21. The van der Waals surface area contributed by atoms with Crippen LogP contribution in [0.3, 0.4) is 0 Å². The SMILES string of the molecule is CC(=O)Nc1cccc(Nc2nccc(-c3ccccc3)n2)c1. The summed E-state index contributed by atoms with van der Waals surface area (Å²) in [4.78, 5) is 19.9. The first-order valence-corrected chi connectivity index (χ1v) is 7.24. The minimum atomic E-state index is -0.107. The number of anilines is 3. The molecule has 2 N–H and O–H groups in total. The Morgan fingerprint density at radius 2 is 1.74 bits per heavy atom. The smallest absolute Gasteiger partial charge is 0.227 e. The van der Waals surface area contributed by atoms with Gasteiger partial charge in [-0.05, 0) is 24.3 Å². The summed E-state index contributed by atoms with van der Waals surface area (Å²) in [5.74, 6) is 0.399. The van der Waals surface area contributed by atoms with E-state index in [1.54, 1.807) is 6.20 Å². The number of amides is 1. The number of rotatable bonds is 4. The molecular weight excluding hydrogens is 288 g/mol. The molecule has 1 heterocycles. The van der Waals surface area contributed by atoms with Crippen molar-refractivity contribution in [3.8, 4) is 11.3 Å². The summed E-state index contributed by atoms with van der Waals surface area (Å²) in [7, 11) is 0. The largest absolute Gasteiger partial charge is 0.326 e. The molecule has 1 amide bonds. The van der Waals surface area contributed by atoms with Crippen LogP contribution in [0.1, 0.15) is 6.92 Å². The van der Waals surface area contributed by atoms with E-state index in [9.17, 15) is 4.79 Å². The minimum Gasteiger partial charge on any atom is -0.326 e. The van der Waals surface area contributed by atoms with Gasteiger partial charge in [0.1, 0.15) is 0 Å². The second kappa shape index (κ2) is 6.70. The second-order valence-electron chi connectivity index (χ2n) is 5.02. The fraction of sp³-hybridized carbons (Fsp3) is 0.0556. The van der Waals surface area contributed by atoms with Gasteiger partial charge in [-0.3, -0.25) is 4.79 Å². The number of nitrogens with zero attached hydrogens (tertiary/aromatic N) is 2. The Labute approximate surface area is 134 Å². The van der Waals surface area contributed by atoms with Crippen LogP contribution in [-0.4, -0.2) is 15.9 Å². The first-order chi connectivity index (χ1) is 11.2. The summed E-state index contributed by atoms with van der Waals surface area (Å²) in [5, 5.41) is 5.90. The second-order valence-corrected chi connectivity index (χ2v) is 5.02. The zero-order valence-corrected chi connectivity index (χ0v) is 12.7. The average Bonchev–Trinajstić information content (AvgIpc) is 2.56. The average molecular weight is 304 g/mol. The summed E-state index contributed by atoms with van der Waals surface area (Å²) in [6.07, 6.45) is 1.72. The molecule has 0 radical (unpaired) electrons. The van der Waals surface area contributed by atoms with Gasteiger partial charge in [-0.25, -0.2) is 9.97 Å². The molecule has 3 rings (SSSR count). The molecule has 0 aliphatic heterocycles. The molecule has 2 aromatic carbocycles. The molecule has 0 fully saturated rings. The number of aromatic nitrogens is 2. The number of benzene rings is 2. The van der Waals surface area contributed by atoms with Gasteiger partial charge in [0.25, 0.3) is 0 Å². The topological polar surface area (TPSA) is 66.9 Å². The van der Waals surface area contributed by atoms with E-state index in [1.165, 1.54) is 6.92 Å². The zero-order valence-electron chi connectivity index (χ0n) is 12.7. The Morgan fingerprint density at radius 1 is 0.957 bits per heavy atom. The highest BCUT2D eigenvalue weighted by atomic mass is 16.1. The van der Waals surface area contributed by atoms with Crippen LogP contribution in [-0.2, 0) is 4.79 Å². The molecular formula is C18H16N4O. The zero-order chi connectivity index (χ0) is 16.1. The number of hydrogen-bond acceptors (Lipinski definition) is 4. The van der Waals surface area contributed by atoms with Crippen LogP contribution in [0.15, 0.2) is 66.9 Å². The van der Waals surface area contributed by atoms with Crippen LogP contribution in [0.2, 0.25) is 0 Å². The van der Waals surface area contributed by atoms with E-state index in [0.717, 1.165) is 22.6 Å². The van der Waals surface area contributed by atoms with Gasteiger partial charge in [0.05, 0.1) is 5.69 Å². The lowest BCUT2D eigenvalue weighted by molar-refractivity contribution is -0.114. The van der Waals surface area contributed by atoms with Gasteiger partial charge in [-0.2, -0.15) is 0 Å². The maximum absolute atomic E-state index is 11.1. The highest BCUT2D eigenvalue weighted by Gasteiger charge is 2.03. The normalized spacial score (nSPS) is 10.1. The van der Waals surface area contributed by atoms with Gasteiger partial charge in [-0.1, -0.05) is 36.4 Å². The first-order valence-electron chi connectivity index (χ1n) is 7.24. The lowest BCUT2D eigenvalue weighted by Gasteiger charge is -2.08. The van der Waals surface area contributed by atoms with E-state index in [1.807, 2.05) is 60.7 Å². The van der Waals surface area contributed by atoms with Crippen LogP contribution in [0.4, 0.5) is 17.3 Å². The molecule has 0 aliphatic rings. The maximum Gasteiger partial charge on any atom is 0.227 e. The van der Waals surface area contributed by atoms with Crippen molar-refractivity contribution in [2.24, 2.45) is 0 Å². The molecule has 0 spiro atoms. The lowest BCUT2D eigenvalue weighted by atomic mass is 10.1. The van der Waals surface area contributed by atoms with Gasteiger partial charge in [-0.15, -0.1) is 0 Å². The third kappa shape index (κ3) is 3.91. The lowest BCUT2D eigenvalue weighted by Crippen LogP contribution is -2.06. The van der Waals surface area contributed by atoms with E-state index >= 15 is 0 Å². The van der Waals surface area contributed by atoms with Crippen molar-refractivity contribution in [3.05, 3.63) is 66.9 Å². The summed E-state index contributed by atoms with van der Waals surface area (Å²) in [6.45, 7) is 1.48. The van der Waals surface area contributed by atoms with Crippen LogP contribution in [0.5, 0.6) is 0 Å². The fourth-order valence-electron chi connectivity index (χ4n) is 2.20. The van der Waals surface area contributed by atoms with E-state index in [-0.39, 0.29) is 5.91 Å². The van der Waals surface area contributed by atoms with Crippen molar-refractivity contribution in [2.45, 2.75) is 6.92 Å². The van der Waals surface area contributed by atoms with Crippen molar-refractivity contribution < 1.29 is 4.79 Å². The third-order valence-electron chi connectivity index (χ3n) is 3.16. The number of carbonyl (C=O) groups excluding carboxylic acids is 1. The standard InChI is InChI=1S/C18H16N4O/c1-13(23)20-15-8-5-9-16(12-15)21-18-19-11-10-17(22-18)14-6-3-2-4-7-14/h2-12H,1H3,(H,20,23)(H,19,21,22). The summed E-state index contributed by atoms with van der Waals surface area (Å²) in [6, 6.07) is 19.2.